The minimum Gasteiger partial charge on any atom is -0.369 e. The van der Waals surface area contributed by atoms with Gasteiger partial charge >= 0.3 is 0 Å². The van der Waals surface area contributed by atoms with Crippen LogP contribution in [0.5, 0.6) is 0 Å². The van der Waals surface area contributed by atoms with Crippen LogP contribution in [-0.4, -0.2) is 16.5 Å². The van der Waals surface area contributed by atoms with E-state index in [1.165, 1.54) is 3.57 Å². The summed E-state index contributed by atoms with van der Waals surface area (Å²) in [6, 6.07) is 0. The molecule has 0 aliphatic carbocycles. The van der Waals surface area contributed by atoms with E-state index in [0.717, 1.165) is 43.1 Å². The zero-order chi connectivity index (χ0) is 11.3. The van der Waals surface area contributed by atoms with Crippen LogP contribution in [0, 0.1) is 3.57 Å². The summed E-state index contributed by atoms with van der Waals surface area (Å²) in [7, 11) is 0. The second-order valence-corrected chi connectivity index (χ2v) is 4.46. The summed E-state index contributed by atoms with van der Waals surface area (Å²) >= 11 is 2.33. The Hall–Kier alpha value is -0.390. The Balaban J connectivity index is 3.01. The molecule has 0 fully saturated rings. The van der Waals surface area contributed by atoms with Crippen LogP contribution in [0.3, 0.4) is 0 Å². The lowest BCUT2D eigenvalue weighted by Gasteiger charge is -2.10. The number of hydrogen-bond acceptors (Lipinski definition) is 3. The van der Waals surface area contributed by atoms with Crippen LogP contribution in [-0.2, 0) is 12.8 Å². The summed E-state index contributed by atoms with van der Waals surface area (Å²) in [6.07, 6.45) is 2.97. The molecule has 1 heterocycles. The predicted molar refractivity (Wildman–Crippen MR) is 72.3 cm³/mol. The maximum absolute atomic E-state index is 4.52. The zero-order valence-electron chi connectivity index (χ0n) is 9.60. The van der Waals surface area contributed by atoms with Crippen LogP contribution in [0.2, 0.25) is 0 Å². The fourth-order valence-corrected chi connectivity index (χ4v) is 2.11. The zero-order valence-corrected chi connectivity index (χ0v) is 11.8. The average molecular weight is 319 g/mol. The van der Waals surface area contributed by atoms with Gasteiger partial charge in [-0.15, -0.1) is 0 Å². The molecule has 1 aromatic heterocycles. The first-order valence-electron chi connectivity index (χ1n) is 5.52. The molecule has 0 spiro atoms. The first kappa shape index (κ1) is 12.7. The smallest absolute Gasteiger partial charge is 0.143 e. The molecule has 84 valence electrons. The van der Waals surface area contributed by atoms with Crippen LogP contribution in [0.15, 0.2) is 0 Å². The van der Waals surface area contributed by atoms with Crippen molar-refractivity contribution in [3.8, 4) is 0 Å². The highest BCUT2D eigenvalue weighted by atomic mass is 127. The topological polar surface area (TPSA) is 37.8 Å². The maximum atomic E-state index is 4.52. The molecule has 1 N–H and O–H groups in total. The molecule has 0 saturated heterocycles. The van der Waals surface area contributed by atoms with Crippen molar-refractivity contribution < 1.29 is 0 Å². The second kappa shape index (κ2) is 6.25. The summed E-state index contributed by atoms with van der Waals surface area (Å²) in [6.45, 7) is 7.35. The number of nitrogens with one attached hydrogen (secondary N) is 1. The first-order chi connectivity index (χ1) is 7.22. The lowest BCUT2D eigenvalue weighted by Crippen LogP contribution is -2.10. The van der Waals surface area contributed by atoms with Gasteiger partial charge in [0.2, 0.25) is 0 Å². The van der Waals surface area contributed by atoms with E-state index < -0.39 is 0 Å². The molecule has 0 radical (unpaired) electrons. The van der Waals surface area contributed by atoms with Crippen molar-refractivity contribution in [1.29, 1.82) is 0 Å². The molecule has 0 bridgehead atoms. The fraction of sp³-hybridized carbons (Fsp3) is 0.636. The lowest BCUT2D eigenvalue weighted by atomic mass is 10.3. The molecular weight excluding hydrogens is 301 g/mol. The van der Waals surface area contributed by atoms with Gasteiger partial charge in [-0.05, 0) is 35.4 Å². The summed E-state index contributed by atoms with van der Waals surface area (Å²) < 4.78 is 1.17. The number of nitrogens with zero attached hydrogens (tertiary/aromatic N) is 2. The molecular formula is C11H18IN3. The van der Waals surface area contributed by atoms with Crippen molar-refractivity contribution >= 4 is 28.4 Å². The Morgan fingerprint density at radius 3 is 2.40 bits per heavy atom. The highest BCUT2D eigenvalue weighted by molar-refractivity contribution is 14.1. The summed E-state index contributed by atoms with van der Waals surface area (Å²) in [4.78, 5) is 9.03. The third-order valence-corrected chi connectivity index (χ3v) is 3.29. The molecule has 4 heteroatoms. The van der Waals surface area contributed by atoms with E-state index in [1.807, 2.05) is 0 Å². The third-order valence-electron chi connectivity index (χ3n) is 2.16. The van der Waals surface area contributed by atoms with Gasteiger partial charge in [0.25, 0.3) is 0 Å². The van der Waals surface area contributed by atoms with E-state index in [-0.39, 0.29) is 0 Å². The van der Waals surface area contributed by atoms with Gasteiger partial charge in [0.1, 0.15) is 11.6 Å². The number of halogens is 1. The summed E-state index contributed by atoms with van der Waals surface area (Å²) in [5.41, 5.74) is 1.15. The molecule has 0 unspecified atom stereocenters. The quantitative estimate of drug-likeness (QED) is 0.848. The molecule has 3 nitrogen and oxygen atoms in total. The number of aromatic nitrogens is 2. The Kier molecular flexibility index (Phi) is 5.28. The largest absolute Gasteiger partial charge is 0.369 e. The normalized spacial score (nSPS) is 10.4. The van der Waals surface area contributed by atoms with Crippen LogP contribution < -0.4 is 5.32 Å². The van der Waals surface area contributed by atoms with E-state index in [9.17, 15) is 0 Å². The van der Waals surface area contributed by atoms with Gasteiger partial charge in [-0.2, -0.15) is 0 Å². The molecule has 0 aliphatic rings. The van der Waals surface area contributed by atoms with Gasteiger partial charge in [0, 0.05) is 13.0 Å². The Morgan fingerprint density at radius 1 is 1.13 bits per heavy atom. The molecule has 0 atom stereocenters. The molecule has 1 rings (SSSR count). The highest BCUT2D eigenvalue weighted by Crippen LogP contribution is 2.19. The van der Waals surface area contributed by atoms with E-state index in [0.29, 0.717) is 0 Å². The third kappa shape index (κ3) is 3.29. The van der Waals surface area contributed by atoms with Gasteiger partial charge < -0.3 is 5.32 Å². The fourth-order valence-electron chi connectivity index (χ4n) is 1.30. The van der Waals surface area contributed by atoms with E-state index in [1.54, 1.807) is 0 Å². The molecule has 0 saturated carbocycles. The molecule has 0 aromatic carbocycles. The lowest BCUT2D eigenvalue weighted by molar-refractivity contribution is 0.869. The van der Waals surface area contributed by atoms with Crippen LogP contribution in [0.4, 0.5) is 5.82 Å². The molecule has 0 amide bonds. The van der Waals surface area contributed by atoms with Crippen molar-refractivity contribution in [3.63, 3.8) is 0 Å². The second-order valence-electron chi connectivity index (χ2n) is 3.38. The number of anilines is 1. The minimum absolute atomic E-state index is 0.894. The Morgan fingerprint density at radius 2 is 1.87 bits per heavy atom. The monoisotopic (exact) mass is 319 g/mol. The van der Waals surface area contributed by atoms with Crippen LogP contribution in [0.1, 0.15) is 38.7 Å². The number of rotatable bonds is 5. The van der Waals surface area contributed by atoms with Crippen molar-refractivity contribution in [2.24, 2.45) is 0 Å². The molecule has 1 aromatic rings. The van der Waals surface area contributed by atoms with Gasteiger partial charge in [0.05, 0.1) is 9.26 Å². The highest BCUT2D eigenvalue weighted by Gasteiger charge is 2.09. The first-order valence-corrected chi connectivity index (χ1v) is 6.59. The Labute approximate surface area is 105 Å². The maximum Gasteiger partial charge on any atom is 0.143 e. The van der Waals surface area contributed by atoms with Crippen LogP contribution >= 0.6 is 22.6 Å². The SMILES string of the molecule is CCCNc1nc(CC)nc(CC)c1I. The van der Waals surface area contributed by atoms with Crippen molar-refractivity contribution in [2.45, 2.75) is 40.0 Å². The van der Waals surface area contributed by atoms with E-state index >= 15 is 0 Å². The predicted octanol–water partition coefficient (Wildman–Crippen LogP) is 3.03. The van der Waals surface area contributed by atoms with Gasteiger partial charge in [-0.1, -0.05) is 20.8 Å². The standard InChI is InChI=1S/C11H18IN3/c1-4-7-13-11-10(12)8(5-2)14-9(6-3)15-11/h4-7H2,1-3H3,(H,13,14,15). The summed E-state index contributed by atoms with van der Waals surface area (Å²) in [5.74, 6) is 1.94. The Bertz CT molecular complexity index is 326. The van der Waals surface area contributed by atoms with Gasteiger partial charge in [0.15, 0.2) is 0 Å². The number of hydrogen-bond donors (Lipinski definition) is 1. The van der Waals surface area contributed by atoms with E-state index in [4.69, 9.17) is 0 Å². The van der Waals surface area contributed by atoms with Gasteiger partial charge in [-0.3, -0.25) is 0 Å². The number of aryl methyl sites for hydroxylation is 2. The average Bonchev–Trinajstić information content (AvgIpc) is 2.27. The van der Waals surface area contributed by atoms with Crippen molar-refractivity contribution in [2.75, 3.05) is 11.9 Å². The van der Waals surface area contributed by atoms with Crippen molar-refractivity contribution in [3.05, 3.63) is 15.1 Å². The van der Waals surface area contributed by atoms with E-state index in [2.05, 4.69) is 58.6 Å². The van der Waals surface area contributed by atoms with Crippen LogP contribution in [0.25, 0.3) is 0 Å². The summed E-state index contributed by atoms with van der Waals surface area (Å²) in [5, 5.41) is 3.35. The van der Waals surface area contributed by atoms with Crippen molar-refractivity contribution in [1.82, 2.24) is 9.97 Å². The van der Waals surface area contributed by atoms with Gasteiger partial charge in [-0.25, -0.2) is 9.97 Å². The molecule has 0 aliphatic heterocycles. The molecule has 15 heavy (non-hydrogen) atoms. The minimum atomic E-state index is 0.894.